The number of rotatable bonds is 6. The lowest BCUT2D eigenvalue weighted by Crippen LogP contribution is -2.40. The summed E-state index contributed by atoms with van der Waals surface area (Å²) in [4.78, 5) is 17.3. The van der Waals surface area contributed by atoms with Gasteiger partial charge in [0.2, 0.25) is 0 Å². The summed E-state index contributed by atoms with van der Waals surface area (Å²) >= 11 is 3.15. The van der Waals surface area contributed by atoms with Crippen LogP contribution in [-0.2, 0) is 4.74 Å². The number of nitrogens with zero attached hydrogens (tertiary/aromatic N) is 1. The lowest BCUT2D eigenvalue weighted by molar-refractivity contribution is 0.0240. The van der Waals surface area contributed by atoms with Crippen molar-refractivity contribution in [3.8, 4) is 0 Å². The van der Waals surface area contributed by atoms with Crippen LogP contribution in [0.5, 0.6) is 0 Å². The topological polar surface area (TPSA) is 41.6 Å². The van der Waals surface area contributed by atoms with E-state index in [1.165, 1.54) is 38.5 Å². The number of amides is 1. The van der Waals surface area contributed by atoms with Gasteiger partial charge in [0.1, 0.15) is 5.00 Å². The normalized spacial score (nSPS) is 15.9. The summed E-state index contributed by atoms with van der Waals surface area (Å²) in [6, 6.07) is 12.9. The zero-order valence-corrected chi connectivity index (χ0v) is 20.2. The van der Waals surface area contributed by atoms with E-state index in [1.807, 2.05) is 17.5 Å². The van der Waals surface area contributed by atoms with Crippen LogP contribution in [0.4, 0.5) is 5.00 Å². The Bertz CT molecular complexity index is 1020. The van der Waals surface area contributed by atoms with Crippen LogP contribution in [0, 0.1) is 13.8 Å². The number of hydrogen-bond donors (Lipinski definition) is 1. The van der Waals surface area contributed by atoms with E-state index in [4.69, 9.17) is 4.74 Å². The first kappa shape index (κ1) is 22.2. The number of hydrogen-bond acceptors (Lipinski definition) is 5. The number of ether oxygens (including phenoxy) is 1. The maximum atomic E-state index is 12.9. The zero-order valence-electron chi connectivity index (χ0n) is 18.6. The van der Waals surface area contributed by atoms with E-state index >= 15 is 0 Å². The van der Waals surface area contributed by atoms with E-state index < -0.39 is 0 Å². The molecule has 6 heteroatoms. The average Bonchev–Trinajstić information content (AvgIpc) is 3.40. The van der Waals surface area contributed by atoms with Crippen molar-refractivity contribution in [3.63, 3.8) is 0 Å². The molecular weight excluding hydrogens is 424 g/mol. The lowest BCUT2D eigenvalue weighted by atomic mass is 9.92. The molecule has 1 atom stereocenters. The zero-order chi connectivity index (χ0) is 22.0. The van der Waals surface area contributed by atoms with E-state index in [9.17, 15) is 4.79 Å². The van der Waals surface area contributed by atoms with Gasteiger partial charge >= 0.3 is 0 Å². The highest BCUT2D eigenvalue weighted by atomic mass is 32.1. The third-order valence-corrected chi connectivity index (χ3v) is 8.01. The van der Waals surface area contributed by atoms with E-state index in [0.717, 1.165) is 36.2 Å². The van der Waals surface area contributed by atoms with Gasteiger partial charge in [0.15, 0.2) is 0 Å². The van der Waals surface area contributed by atoms with Gasteiger partial charge < -0.3 is 10.1 Å². The predicted octanol–water partition coefficient (Wildman–Crippen LogP) is 6.22. The SMILES string of the molecule is Cc1sc(NC(=O)c2cccs2)c(C(c2ccc(C(C)C)cc2)N2CCOCC2)c1C. The van der Waals surface area contributed by atoms with Gasteiger partial charge in [0.25, 0.3) is 5.91 Å². The number of aryl methyl sites for hydroxylation is 1. The third kappa shape index (κ3) is 4.77. The summed E-state index contributed by atoms with van der Waals surface area (Å²) in [6.07, 6.45) is 0. The quantitative estimate of drug-likeness (QED) is 0.480. The number of thiophene rings is 2. The Hall–Kier alpha value is -1.99. The fourth-order valence-corrected chi connectivity index (χ4v) is 5.80. The Morgan fingerprint density at radius 2 is 1.74 bits per heavy atom. The molecule has 4 nitrogen and oxygen atoms in total. The van der Waals surface area contributed by atoms with Crippen molar-refractivity contribution in [2.45, 2.75) is 39.7 Å². The summed E-state index contributed by atoms with van der Waals surface area (Å²) in [6.45, 7) is 12.0. The molecule has 164 valence electrons. The van der Waals surface area contributed by atoms with Crippen molar-refractivity contribution in [3.05, 3.63) is 73.8 Å². The summed E-state index contributed by atoms with van der Waals surface area (Å²) in [5.74, 6) is 0.468. The van der Waals surface area contributed by atoms with Crippen LogP contribution in [0.15, 0.2) is 41.8 Å². The molecule has 0 aliphatic carbocycles. The van der Waals surface area contributed by atoms with Gasteiger partial charge in [-0.25, -0.2) is 0 Å². The minimum Gasteiger partial charge on any atom is -0.379 e. The van der Waals surface area contributed by atoms with Crippen molar-refractivity contribution in [2.24, 2.45) is 0 Å². The second kappa shape index (κ2) is 9.65. The number of carbonyl (C=O) groups excluding carboxylic acids is 1. The van der Waals surface area contributed by atoms with Gasteiger partial charge in [0.05, 0.1) is 24.1 Å². The predicted molar refractivity (Wildman–Crippen MR) is 131 cm³/mol. The molecule has 1 unspecified atom stereocenters. The number of morpholine rings is 1. The van der Waals surface area contributed by atoms with E-state index in [0.29, 0.717) is 5.92 Å². The molecular formula is C25H30N2O2S2. The van der Waals surface area contributed by atoms with Crippen molar-refractivity contribution >= 4 is 33.6 Å². The van der Waals surface area contributed by atoms with Crippen molar-refractivity contribution in [1.82, 2.24) is 4.90 Å². The first-order valence-electron chi connectivity index (χ1n) is 10.8. The fraction of sp³-hybridized carbons (Fsp3) is 0.400. The Kier molecular flexibility index (Phi) is 6.92. The Morgan fingerprint density at radius 3 is 2.35 bits per heavy atom. The second-order valence-corrected chi connectivity index (χ2v) is 10.5. The molecule has 0 radical (unpaired) electrons. The average molecular weight is 455 g/mol. The molecule has 2 aromatic heterocycles. The van der Waals surface area contributed by atoms with Gasteiger partial charge in [-0.15, -0.1) is 22.7 Å². The first-order chi connectivity index (χ1) is 15.0. The standard InChI is InChI=1S/C25H30N2O2S2/c1-16(2)19-7-9-20(10-8-19)23(27-11-13-29-14-12-27)22-17(3)18(4)31-25(22)26-24(28)21-6-5-15-30-21/h5-10,15-16,23H,11-14H2,1-4H3,(H,26,28). The molecule has 3 aromatic rings. The molecule has 31 heavy (non-hydrogen) atoms. The maximum absolute atomic E-state index is 12.9. The van der Waals surface area contributed by atoms with Crippen LogP contribution in [-0.4, -0.2) is 37.1 Å². The largest absolute Gasteiger partial charge is 0.379 e. The maximum Gasteiger partial charge on any atom is 0.266 e. The molecule has 1 aliphatic rings. The highest BCUT2D eigenvalue weighted by Gasteiger charge is 2.30. The Balaban J connectivity index is 1.76. The van der Waals surface area contributed by atoms with Crippen LogP contribution in [0.1, 0.15) is 62.6 Å². The molecule has 1 fully saturated rings. The van der Waals surface area contributed by atoms with Crippen molar-refractivity contribution < 1.29 is 9.53 Å². The summed E-state index contributed by atoms with van der Waals surface area (Å²) < 4.78 is 5.64. The highest BCUT2D eigenvalue weighted by molar-refractivity contribution is 7.17. The van der Waals surface area contributed by atoms with Gasteiger partial charge in [0, 0.05) is 23.5 Å². The molecule has 4 rings (SSSR count). The number of benzene rings is 1. The molecule has 3 heterocycles. The van der Waals surface area contributed by atoms with Gasteiger partial charge in [-0.2, -0.15) is 0 Å². The van der Waals surface area contributed by atoms with Crippen molar-refractivity contribution in [1.29, 1.82) is 0 Å². The lowest BCUT2D eigenvalue weighted by Gasteiger charge is -2.36. The van der Waals surface area contributed by atoms with Crippen molar-refractivity contribution in [2.75, 3.05) is 31.6 Å². The molecule has 1 amide bonds. The minimum atomic E-state index is -0.0339. The van der Waals surface area contributed by atoms with Crippen LogP contribution >= 0.6 is 22.7 Å². The Labute approximate surface area is 192 Å². The number of anilines is 1. The van der Waals surface area contributed by atoms with Gasteiger partial charge in [-0.1, -0.05) is 44.2 Å². The van der Waals surface area contributed by atoms with Gasteiger partial charge in [-0.05, 0) is 47.9 Å². The molecule has 0 spiro atoms. The van der Waals surface area contributed by atoms with E-state index in [-0.39, 0.29) is 11.9 Å². The van der Waals surface area contributed by atoms with Crippen LogP contribution < -0.4 is 5.32 Å². The Morgan fingerprint density at radius 1 is 1.06 bits per heavy atom. The fourth-order valence-electron chi connectivity index (χ4n) is 4.10. The first-order valence-corrected chi connectivity index (χ1v) is 12.5. The van der Waals surface area contributed by atoms with Crippen LogP contribution in [0.2, 0.25) is 0 Å². The summed E-state index contributed by atoms with van der Waals surface area (Å²) in [7, 11) is 0. The van der Waals surface area contributed by atoms with Crippen LogP contribution in [0.3, 0.4) is 0 Å². The third-order valence-electron chi connectivity index (χ3n) is 6.01. The summed E-state index contributed by atoms with van der Waals surface area (Å²) in [5.41, 5.74) is 5.08. The molecule has 1 aliphatic heterocycles. The molecule has 0 bridgehead atoms. The molecule has 1 N–H and O–H groups in total. The number of nitrogens with one attached hydrogen (secondary N) is 1. The number of carbonyl (C=O) groups is 1. The summed E-state index contributed by atoms with van der Waals surface area (Å²) in [5, 5.41) is 6.12. The minimum absolute atomic E-state index is 0.0339. The molecule has 0 saturated carbocycles. The van der Waals surface area contributed by atoms with E-state index in [1.54, 1.807) is 11.3 Å². The highest BCUT2D eigenvalue weighted by Crippen LogP contribution is 2.42. The second-order valence-electron chi connectivity index (χ2n) is 8.33. The monoisotopic (exact) mass is 454 g/mol. The molecule has 1 aromatic carbocycles. The smallest absolute Gasteiger partial charge is 0.266 e. The van der Waals surface area contributed by atoms with Gasteiger partial charge in [-0.3, -0.25) is 9.69 Å². The van der Waals surface area contributed by atoms with E-state index in [2.05, 4.69) is 62.2 Å². The van der Waals surface area contributed by atoms with Crippen LogP contribution in [0.25, 0.3) is 0 Å². The molecule has 1 saturated heterocycles.